The van der Waals surface area contributed by atoms with Crippen molar-refractivity contribution in [3.8, 4) is 17.5 Å². The Morgan fingerprint density at radius 2 is 2.03 bits per heavy atom. The Kier molecular flexibility index (Phi) is 7.19. The first-order valence-corrected chi connectivity index (χ1v) is 11.8. The lowest BCUT2D eigenvalue weighted by Gasteiger charge is -2.40. The second-order valence-electron chi connectivity index (χ2n) is 9.66. The molecule has 1 saturated carbocycles. The number of nitriles is 1. The third-order valence-electron chi connectivity index (χ3n) is 6.75. The average Bonchev–Trinajstić information content (AvgIpc) is 3.29. The summed E-state index contributed by atoms with van der Waals surface area (Å²) < 4.78 is 22.3. The van der Waals surface area contributed by atoms with Crippen molar-refractivity contribution in [2.24, 2.45) is 5.73 Å². The molecule has 3 aromatic heterocycles. The fourth-order valence-electron chi connectivity index (χ4n) is 4.56. The van der Waals surface area contributed by atoms with Crippen LogP contribution in [0.2, 0.25) is 0 Å². The number of nitrogens with two attached hydrogens (primary N) is 1. The van der Waals surface area contributed by atoms with Gasteiger partial charge in [-0.2, -0.15) is 10.4 Å². The predicted molar refractivity (Wildman–Crippen MR) is 131 cm³/mol. The highest BCUT2D eigenvalue weighted by atomic mass is 19.1. The zero-order chi connectivity index (χ0) is 26.0. The van der Waals surface area contributed by atoms with Gasteiger partial charge >= 0.3 is 0 Å². The van der Waals surface area contributed by atoms with Gasteiger partial charge < -0.3 is 20.5 Å². The molecule has 1 amide bonds. The molecule has 0 unspecified atom stereocenters. The molecular formula is C25H30FN7O3. The number of primary amides is 1. The Labute approximate surface area is 208 Å². The number of aliphatic hydroxyl groups is 1. The maximum atomic E-state index is 15.2. The fourth-order valence-corrected chi connectivity index (χ4v) is 4.56. The van der Waals surface area contributed by atoms with Crippen molar-refractivity contribution in [2.75, 3.05) is 18.6 Å². The number of nitrogens with zero attached hydrogens (tertiary/aromatic N) is 6. The average molecular weight is 496 g/mol. The topological polar surface area (TPSA) is 143 Å². The van der Waals surface area contributed by atoms with E-state index in [1.807, 2.05) is 11.0 Å². The highest BCUT2D eigenvalue weighted by molar-refractivity contribution is 5.99. The zero-order valence-corrected chi connectivity index (χ0v) is 20.6. The van der Waals surface area contributed by atoms with E-state index >= 15 is 4.39 Å². The number of alkyl halides is 1. The Hall–Kier alpha value is -3.62. The van der Waals surface area contributed by atoms with Gasteiger partial charge in [-0.1, -0.05) is 0 Å². The van der Waals surface area contributed by atoms with Crippen molar-refractivity contribution in [1.29, 1.82) is 5.26 Å². The van der Waals surface area contributed by atoms with Gasteiger partial charge in [-0.15, -0.1) is 0 Å². The Bertz CT molecular complexity index is 1290. The Morgan fingerprint density at radius 3 is 2.64 bits per heavy atom. The molecule has 10 nitrogen and oxygen atoms in total. The number of halogens is 1. The number of methoxy groups -OCH3 is 1. The summed E-state index contributed by atoms with van der Waals surface area (Å²) in [5, 5.41) is 23.8. The van der Waals surface area contributed by atoms with E-state index in [1.54, 1.807) is 30.0 Å². The number of pyridine rings is 1. The molecule has 0 aromatic carbocycles. The molecule has 36 heavy (non-hydrogen) atoms. The van der Waals surface area contributed by atoms with Gasteiger partial charge in [0.15, 0.2) is 5.65 Å². The third kappa shape index (κ3) is 5.15. The number of carbonyl (C=O) groups is 1. The molecule has 3 heterocycles. The predicted octanol–water partition coefficient (Wildman–Crippen LogP) is 2.63. The molecule has 0 radical (unpaired) electrons. The van der Waals surface area contributed by atoms with E-state index in [0.29, 0.717) is 28.3 Å². The number of hydrogen-bond acceptors (Lipinski definition) is 8. The molecule has 0 aliphatic heterocycles. The summed E-state index contributed by atoms with van der Waals surface area (Å²) in [6, 6.07) is 5.23. The lowest BCUT2D eigenvalue weighted by molar-refractivity contribution is -0.00124. The molecule has 190 valence electrons. The molecule has 3 N–H and O–H groups in total. The number of rotatable bonds is 8. The number of ether oxygens (including phenoxy) is 1. The highest BCUT2D eigenvalue weighted by Gasteiger charge is 2.34. The highest BCUT2D eigenvalue weighted by Crippen LogP contribution is 2.34. The van der Waals surface area contributed by atoms with Gasteiger partial charge in [-0.25, -0.2) is 13.9 Å². The molecule has 0 saturated heterocycles. The van der Waals surface area contributed by atoms with E-state index in [2.05, 4.69) is 15.1 Å². The molecule has 1 aliphatic rings. The van der Waals surface area contributed by atoms with Crippen LogP contribution in [0.5, 0.6) is 0 Å². The van der Waals surface area contributed by atoms with Crippen LogP contribution in [0.4, 0.5) is 10.1 Å². The van der Waals surface area contributed by atoms with Gasteiger partial charge in [0, 0.05) is 25.4 Å². The molecular weight excluding hydrogens is 465 g/mol. The van der Waals surface area contributed by atoms with E-state index in [1.165, 1.54) is 26.2 Å². The van der Waals surface area contributed by atoms with Gasteiger partial charge in [0.1, 0.15) is 17.9 Å². The van der Waals surface area contributed by atoms with Gasteiger partial charge in [0.2, 0.25) is 0 Å². The van der Waals surface area contributed by atoms with Crippen molar-refractivity contribution in [2.45, 2.75) is 63.4 Å². The van der Waals surface area contributed by atoms with Crippen LogP contribution < -0.4 is 10.6 Å². The largest absolute Gasteiger partial charge is 0.387 e. The summed E-state index contributed by atoms with van der Waals surface area (Å²) in [6.45, 7) is 2.71. The Balaban J connectivity index is 1.80. The summed E-state index contributed by atoms with van der Waals surface area (Å²) >= 11 is 0. The van der Waals surface area contributed by atoms with Crippen molar-refractivity contribution in [1.82, 2.24) is 19.6 Å². The molecule has 0 spiro atoms. The minimum absolute atomic E-state index is 0.0937. The quantitative estimate of drug-likeness (QED) is 0.486. The van der Waals surface area contributed by atoms with Crippen molar-refractivity contribution < 1.29 is 19.0 Å². The normalized spacial score (nSPS) is 19.1. The molecule has 11 heteroatoms. The first-order valence-electron chi connectivity index (χ1n) is 11.8. The summed E-state index contributed by atoms with van der Waals surface area (Å²) in [4.78, 5) is 23.0. The van der Waals surface area contributed by atoms with Crippen LogP contribution in [-0.4, -0.2) is 68.2 Å². The van der Waals surface area contributed by atoms with Crippen LogP contribution in [0.1, 0.15) is 55.5 Å². The molecule has 1 atom stereocenters. The van der Waals surface area contributed by atoms with Gasteiger partial charge in [-0.3, -0.25) is 9.78 Å². The minimum atomic E-state index is -1.59. The second-order valence-corrected chi connectivity index (χ2v) is 9.66. The first-order chi connectivity index (χ1) is 17.1. The number of hydrogen-bond donors (Lipinski definition) is 2. The zero-order valence-electron chi connectivity index (χ0n) is 20.6. The number of fused-ring (bicyclic) bond motifs is 1. The fraction of sp³-hybridized carbons (Fsp3) is 0.480. The van der Waals surface area contributed by atoms with Crippen LogP contribution >= 0.6 is 0 Å². The number of anilines is 1. The first kappa shape index (κ1) is 25.5. The Morgan fingerprint density at radius 1 is 1.31 bits per heavy atom. The number of aromatic nitrogens is 4. The summed E-state index contributed by atoms with van der Waals surface area (Å²) in [6.07, 6.45) is 5.94. The van der Waals surface area contributed by atoms with E-state index in [9.17, 15) is 9.90 Å². The minimum Gasteiger partial charge on any atom is -0.387 e. The SMILES string of the molecule is COC1CCC(N(C[C@@H](F)C(C)(C)O)c2cc(-c3cnc4cc(C#N)cnn34)ncc2C(N)=O)CC1. The summed E-state index contributed by atoms with van der Waals surface area (Å²) in [5.41, 5.74) is 6.55. The lowest BCUT2D eigenvalue weighted by atomic mass is 9.90. The summed E-state index contributed by atoms with van der Waals surface area (Å²) in [7, 11) is 1.68. The van der Waals surface area contributed by atoms with Crippen LogP contribution in [0, 0.1) is 11.3 Å². The van der Waals surface area contributed by atoms with Gasteiger partial charge in [0.05, 0.1) is 53.2 Å². The molecule has 0 bridgehead atoms. The van der Waals surface area contributed by atoms with Crippen LogP contribution in [-0.2, 0) is 4.74 Å². The maximum absolute atomic E-state index is 15.2. The number of carbonyl (C=O) groups excluding carboxylic acids is 1. The standard InChI is InChI=1S/C25H30FN7O3/c1-25(2,35)22(26)14-32(16-4-6-17(36-3)7-5-16)20-9-19(29-12-18(20)24(28)34)21-13-30-23-8-15(10-27)11-31-33(21)23/h8-9,11-13,16-17,22,35H,4-7,14H2,1-3H3,(H2,28,34)/t16?,17?,22-/m1/s1. The van der Waals surface area contributed by atoms with E-state index < -0.39 is 17.7 Å². The lowest BCUT2D eigenvalue weighted by Crippen LogP contribution is -2.48. The van der Waals surface area contributed by atoms with E-state index in [0.717, 1.165) is 25.7 Å². The molecule has 1 aliphatic carbocycles. The number of amides is 1. The third-order valence-corrected chi connectivity index (χ3v) is 6.75. The van der Waals surface area contributed by atoms with Crippen molar-refractivity contribution >= 4 is 17.2 Å². The smallest absolute Gasteiger partial charge is 0.252 e. The van der Waals surface area contributed by atoms with Gasteiger partial charge in [0.25, 0.3) is 5.91 Å². The van der Waals surface area contributed by atoms with Crippen molar-refractivity contribution in [3.05, 3.63) is 41.9 Å². The monoisotopic (exact) mass is 495 g/mol. The van der Waals surface area contributed by atoms with E-state index in [-0.39, 0.29) is 24.3 Å². The van der Waals surface area contributed by atoms with Crippen LogP contribution in [0.15, 0.2) is 30.7 Å². The van der Waals surface area contributed by atoms with E-state index in [4.69, 9.17) is 15.7 Å². The van der Waals surface area contributed by atoms with Gasteiger partial charge in [-0.05, 0) is 45.6 Å². The number of imidazole rings is 1. The second kappa shape index (κ2) is 10.2. The summed E-state index contributed by atoms with van der Waals surface area (Å²) in [5.74, 6) is -0.687. The van der Waals surface area contributed by atoms with Crippen molar-refractivity contribution in [3.63, 3.8) is 0 Å². The molecule has 1 fully saturated rings. The molecule has 4 rings (SSSR count). The molecule has 3 aromatic rings. The van der Waals surface area contributed by atoms with Crippen LogP contribution in [0.3, 0.4) is 0 Å². The van der Waals surface area contributed by atoms with Crippen LogP contribution in [0.25, 0.3) is 17.0 Å². The maximum Gasteiger partial charge on any atom is 0.252 e.